The van der Waals surface area contributed by atoms with E-state index in [0.717, 1.165) is 6.42 Å². The third-order valence-corrected chi connectivity index (χ3v) is 5.97. The van der Waals surface area contributed by atoms with Crippen molar-refractivity contribution in [1.82, 2.24) is 0 Å². The highest BCUT2D eigenvalue weighted by molar-refractivity contribution is 6.20. The molecule has 21 heavy (non-hydrogen) atoms. The topological polar surface area (TPSA) is 0 Å². The standard InChI is InChI=1S/C20H31Cl/c1-7-14(2)12-18(21)15-8-9-16-17(13-15)20(5,6)11-10-19(16,3)4/h8-9,13-14,18H,7,10-12H2,1-6H3. The molecule has 0 saturated heterocycles. The Kier molecular flexibility index (Phi) is 4.78. The molecule has 2 unspecified atom stereocenters. The van der Waals surface area contributed by atoms with Crippen LogP contribution in [0.2, 0.25) is 0 Å². The molecule has 1 aliphatic carbocycles. The molecule has 0 aromatic heterocycles. The van der Waals surface area contributed by atoms with Gasteiger partial charge in [0.1, 0.15) is 0 Å². The molecule has 0 saturated carbocycles. The largest absolute Gasteiger partial charge is 0.118 e. The Labute approximate surface area is 136 Å². The third kappa shape index (κ3) is 3.47. The van der Waals surface area contributed by atoms with Crippen molar-refractivity contribution in [2.45, 2.75) is 83.4 Å². The number of hydrogen-bond donors (Lipinski definition) is 0. The molecule has 118 valence electrons. The molecule has 0 nitrogen and oxygen atoms in total. The molecule has 1 aromatic rings. The number of benzene rings is 1. The zero-order chi connectivity index (χ0) is 15.8. The molecule has 1 aromatic carbocycles. The molecule has 2 rings (SSSR count). The van der Waals surface area contributed by atoms with Crippen molar-refractivity contribution >= 4 is 11.6 Å². The van der Waals surface area contributed by atoms with Crippen LogP contribution in [-0.4, -0.2) is 0 Å². The van der Waals surface area contributed by atoms with Crippen LogP contribution < -0.4 is 0 Å². The van der Waals surface area contributed by atoms with Gasteiger partial charge in [0.15, 0.2) is 0 Å². The van der Waals surface area contributed by atoms with Crippen LogP contribution in [0.1, 0.15) is 89.3 Å². The molecule has 0 aliphatic heterocycles. The fourth-order valence-electron chi connectivity index (χ4n) is 3.46. The summed E-state index contributed by atoms with van der Waals surface area (Å²) in [4.78, 5) is 0. The summed E-state index contributed by atoms with van der Waals surface area (Å²) in [7, 11) is 0. The average molecular weight is 307 g/mol. The van der Waals surface area contributed by atoms with E-state index in [2.05, 4.69) is 59.7 Å². The first-order chi connectivity index (χ1) is 9.67. The number of halogens is 1. The predicted octanol–water partition coefficient (Wildman–Crippen LogP) is 6.75. The van der Waals surface area contributed by atoms with Gasteiger partial charge in [-0.15, -0.1) is 11.6 Å². The first-order valence-corrected chi connectivity index (χ1v) is 8.90. The van der Waals surface area contributed by atoms with E-state index in [1.807, 2.05) is 0 Å². The molecule has 0 heterocycles. The number of hydrogen-bond acceptors (Lipinski definition) is 0. The highest BCUT2D eigenvalue weighted by Crippen LogP contribution is 2.46. The maximum Gasteiger partial charge on any atom is 0.0587 e. The molecule has 1 heteroatoms. The fraction of sp³-hybridized carbons (Fsp3) is 0.700. The van der Waals surface area contributed by atoms with Crippen LogP contribution in [0.4, 0.5) is 0 Å². The molecule has 0 spiro atoms. The summed E-state index contributed by atoms with van der Waals surface area (Å²) in [6.07, 6.45) is 4.80. The van der Waals surface area contributed by atoms with Crippen molar-refractivity contribution in [2.75, 3.05) is 0 Å². The maximum atomic E-state index is 6.69. The van der Waals surface area contributed by atoms with Crippen molar-refractivity contribution in [3.05, 3.63) is 34.9 Å². The van der Waals surface area contributed by atoms with Crippen molar-refractivity contribution in [3.8, 4) is 0 Å². The quantitative estimate of drug-likeness (QED) is 0.539. The number of rotatable bonds is 4. The molecule has 0 amide bonds. The Morgan fingerprint density at radius 1 is 1.05 bits per heavy atom. The van der Waals surface area contributed by atoms with Crippen molar-refractivity contribution < 1.29 is 0 Å². The van der Waals surface area contributed by atoms with Gasteiger partial charge in [-0.25, -0.2) is 0 Å². The summed E-state index contributed by atoms with van der Waals surface area (Å²) >= 11 is 6.69. The zero-order valence-electron chi connectivity index (χ0n) is 14.6. The van der Waals surface area contributed by atoms with E-state index in [1.54, 1.807) is 0 Å². The van der Waals surface area contributed by atoms with Crippen LogP contribution >= 0.6 is 11.6 Å². The molecular formula is C20H31Cl. The van der Waals surface area contributed by atoms with E-state index in [1.165, 1.54) is 36.0 Å². The van der Waals surface area contributed by atoms with Crippen LogP contribution in [0.15, 0.2) is 18.2 Å². The van der Waals surface area contributed by atoms with Crippen LogP contribution in [-0.2, 0) is 10.8 Å². The second-order valence-corrected chi connectivity index (χ2v) is 8.82. The zero-order valence-corrected chi connectivity index (χ0v) is 15.3. The molecule has 0 N–H and O–H groups in total. The second-order valence-electron chi connectivity index (χ2n) is 8.29. The molecular weight excluding hydrogens is 276 g/mol. The van der Waals surface area contributed by atoms with Gasteiger partial charge < -0.3 is 0 Å². The Bertz CT molecular complexity index is 499. The minimum atomic E-state index is 0.145. The molecule has 0 fully saturated rings. The van der Waals surface area contributed by atoms with Gasteiger partial charge in [-0.05, 0) is 52.7 Å². The van der Waals surface area contributed by atoms with Crippen molar-refractivity contribution in [3.63, 3.8) is 0 Å². The normalized spacial score (nSPS) is 22.4. The van der Waals surface area contributed by atoms with E-state index in [9.17, 15) is 0 Å². The predicted molar refractivity (Wildman–Crippen MR) is 94.4 cm³/mol. The van der Waals surface area contributed by atoms with Crippen LogP contribution in [0.3, 0.4) is 0 Å². The van der Waals surface area contributed by atoms with Gasteiger partial charge in [0, 0.05) is 0 Å². The van der Waals surface area contributed by atoms with E-state index in [-0.39, 0.29) is 10.8 Å². The lowest BCUT2D eigenvalue weighted by Gasteiger charge is -2.42. The summed E-state index contributed by atoms with van der Waals surface area (Å²) < 4.78 is 0. The van der Waals surface area contributed by atoms with E-state index < -0.39 is 0 Å². The van der Waals surface area contributed by atoms with Crippen LogP contribution in [0, 0.1) is 5.92 Å². The summed E-state index contributed by atoms with van der Waals surface area (Å²) in [6, 6.07) is 7.01. The lowest BCUT2D eigenvalue weighted by molar-refractivity contribution is 0.331. The van der Waals surface area contributed by atoms with Crippen LogP contribution in [0.25, 0.3) is 0 Å². The molecule has 0 bridgehead atoms. The van der Waals surface area contributed by atoms with Crippen molar-refractivity contribution in [2.24, 2.45) is 5.92 Å². The van der Waals surface area contributed by atoms with E-state index >= 15 is 0 Å². The molecule has 0 radical (unpaired) electrons. The maximum absolute atomic E-state index is 6.69. The molecule has 2 atom stereocenters. The molecule has 1 aliphatic rings. The van der Waals surface area contributed by atoms with Gasteiger partial charge in [0.2, 0.25) is 0 Å². The summed E-state index contributed by atoms with van der Waals surface area (Å²) in [5, 5.41) is 0.145. The number of fused-ring (bicyclic) bond motifs is 1. The van der Waals surface area contributed by atoms with Gasteiger partial charge in [-0.3, -0.25) is 0 Å². The Balaban J connectivity index is 2.37. The third-order valence-electron chi connectivity index (χ3n) is 5.54. The van der Waals surface area contributed by atoms with E-state index in [0.29, 0.717) is 11.3 Å². The van der Waals surface area contributed by atoms with Gasteiger partial charge >= 0.3 is 0 Å². The Hall–Kier alpha value is -0.490. The second kappa shape index (κ2) is 5.95. The van der Waals surface area contributed by atoms with Gasteiger partial charge in [0.05, 0.1) is 5.38 Å². The summed E-state index contributed by atoms with van der Waals surface area (Å²) in [5.74, 6) is 0.688. The lowest BCUT2D eigenvalue weighted by atomic mass is 9.63. The highest BCUT2D eigenvalue weighted by atomic mass is 35.5. The first-order valence-electron chi connectivity index (χ1n) is 8.46. The lowest BCUT2D eigenvalue weighted by Crippen LogP contribution is -2.33. The monoisotopic (exact) mass is 306 g/mol. The van der Waals surface area contributed by atoms with E-state index in [4.69, 9.17) is 11.6 Å². The highest BCUT2D eigenvalue weighted by Gasteiger charge is 2.37. The first kappa shape index (κ1) is 16.9. The van der Waals surface area contributed by atoms with Crippen LogP contribution in [0.5, 0.6) is 0 Å². The SMILES string of the molecule is CCC(C)CC(Cl)c1ccc2c(c1)C(C)(C)CCC2(C)C. The Morgan fingerprint density at radius 2 is 1.62 bits per heavy atom. The van der Waals surface area contributed by atoms with Gasteiger partial charge in [-0.2, -0.15) is 0 Å². The smallest absolute Gasteiger partial charge is 0.0587 e. The van der Waals surface area contributed by atoms with Crippen molar-refractivity contribution in [1.29, 1.82) is 0 Å². The summed E-state index contributed by atoms with van der Waals surface area (Å²) in [6.45, 7) is 14.0. The fourth-order valence-corrected chi connectivity index (χ4v) is 3.90. The summed E-state index contributed by atoms with van der Waals surface area (Å²) in [5.41, 5.74) is 4.91. The average Bonchev–Trinajstić information content (AvgIpc) is 2.43. The minimum absolute atomic E-state index is 0.145. The van der Waals surface area contributed by atoms with Gasteiger partial charge in [0.25, 0.3) is 0 Å². The minimum Gasteiger partial charge on any atom is -0.118 e. The van der Waals surface area contributed by atoms with Gasteiger partial charge in [-0.1, -0.05) is 66.2 Å². The number of alkyl halides is 1. The Morgan fingerprint density at radius 3 is 2.19 bits per heavy atom.